The van der Waals surface area contributed by atoms with Gasteiger partial charge >= 0.3 is 0 Å². The highest BCUT2D eigenvalue weighted by Gasteiger charge is 2.38. The number of likely N-dealkylation sites (tertiary alicyclic amines) is 1. The van der Waals surface area contributed by atoms with E-state index in [1.165, 1.54) is 0 Å². The largest absolute Gasteiger partial charge is 0.352 e. The summed E-state index contributed by atoms with van der Waals surface area (Å²) >= 11 is 6.22. The minimum Gasteiger partial charge on any atom is -0.352 e. The van der Waals surface area contributed by atoms with Gasteiger partial charge in [-0.2, -0.15) is 0 Å². The second kappa shape index (κ2) is 9.41. The van der Waals surface area contributed by atoms with Crippen molar-refractivity contribution in [1.29, 1.82) is 0 Å². The van der Waals surface area contributed by atoms with E-state index in [0.717, 1.165) is 51.6 Å². The Bertz CT molecular complexity index is 746. The Morgan fingerprint density at radius 2 is 1.75 bits per heavy atom. The van der Waals surface area contributed by atoms with Crippen molar-refractivity contribution in [3.8, 4) is 0 Å². The Balaban J connectivity index is 1.69. The predicted molar refractivity (Wildman–Crippen MR) is 109 cm³/mol. The summed E-state index contributed by atoms with van der Waals surface area (Å²) in [4.78, 5) is 39.7. The van der Waals surface area contributed by atoms with Crippen molar-refractivity contribution in [2.45, 2.75) is 45.4 Å². The van der Waals surface area contributed by atoms with Gasteiger partial charge in [-0.3, -0.25) is 14.4 Å². The average Bonchev–Trinajstić information content (AvgIpc) is 3.22. The number of rotatable bonds is 5. The molecule has 2 fully saturated rings. The van der Waals surface area contributed by atoms with Gasteiger partial charge in [-0.05, 0) is 50.8 Å². The van der Waals surface area contributed by atoms with Crippen molar-refractivity contribution >= 4 is 35.0 Å². The molecule has 3 amide bonds. The fourth-order valence-electron chi connectivity index (χ4n) is 4.18. The van der Waals surface area contributed by atoms with Crippen molar-refractivity contribution in [2.75, 3.05) is 25.0 Å². The zero-order valence-corrected chi connectivity index (χ0v) is 17.1. The third-order valence-corrected chi connectivity index (χ3v) is 5.97. The fourth-order valence-corrected chi connectivity index (χ4v) is 4.45. The van der Waals surface area contributed by atoms with Gasteiger partial charge in [-0.15, -0.1) is 0 Å². The van der Waals surface area contributed by atoms with Gasteiger partial charge in [-0.1, -0.05) is 24.4 Å². The number of amides is 3. The first-order valence-corrected chi connectivity index (χ1v) is 10.6. The van der Waals surface area contributed by atoms with Crippen molar-refractivity contribution in [1.82, 2.24) is 10.2 Å². The van der Waals surface area contributed by atoms with Gasteiger partial charge in [0.05, 0.1) is 10.6 Å². The Kier molecular flexibility index (Phi) is 6.94. The molecule has 0 unspecified atom stereocenters. The van der Waals surface area contributed by atoms with Crippen molar-refractivity contribution in [3.63, 3.8) is 0 Å². The van der Waals surface area contributed by atoms with E-state index < -0.39 is 0 Å². The second-order valence-corrected chi connectivity index (χ2v) is 7.98. The first kappa shape index (κ1) is 20.6. The topological polar surface area (TPSA) is 78.5 Å². The van der Waals surface area contributed by atoms with Crippen LogP contribution in [0.1, 0.15) is 55.8 Å². The molecule has 1 aromatic carbocycles. The zero-order valence-electron chi connectivity index (χ0n) is 16.3. The predicted octanol–water partition coefficient (Wildman–Crippen LogP) is 3.46. The standard InChI is InChI=1S/C21H28ClN3O3/c1-2-23-19(26)17-10-9-14(13-18(17)22)24-20(27)15-7-3-4-8-16(15)21(28)25-11-5-6-12-25/h9-10,13,15-16H,2-8,11-12H2,1H3,(H,23,26)(H,24,27)/t15-,16+/m0/s1. The summed E-state index contributed by atoms with van der Waals surface area (Å²) in [6.07, 6.45) is 5.53. The number of carbonyl (C=O) groups excluding carboxylic acids is 3. The first-order chi connectivity index (χ1) is 13.5. The Labute approximate surface area is 171 Å². The third-order valence-electron chi connectivity index (χ3n) is 5.66. The third kappa shape index (κ3) is 4.66. The first-order valence-electron chi connectivity index (χ1n) is 10.2. The fraction of sp³-hybridized carbons (Fsp3) is 0.571. The highest BCUT2D eigenvalue weighted by Crippen LogP contribution is 2.33. The lowest BCUT2D eigenvalue weighted by Crippen LogP contribution is -2.42. The monoisotopic (exact) mass is 405 g/mol. The smallest absolute Gasteiger partial charge is 0.252 e. The van der Waals surface area contributed by atoms with E-state index in [4.69, 9.17) is 11.6 Å². The molecule has 0 aromatic heterocycles. The van der Waals surface area contributed by atoms with Crippen molar-refractivity contribution in [3.05, 3.63) is 28.8 Å². The van der Waals surface area contributed by atoms with Gasteiger partial charge in [0, 0.05) is 37.2 Å². The lowest BCUT2D eigenvalue weighted by atomic mass is 9.77. The molecule has 2 aliphatic rings. The summed E-state index contributed by atoms with van der Waals surface area (Å²) < 4.78 is 0. The molecule has 1 aromatic rings. The Morgan fingerprint density at radius 1 is 1.07 bits per heavy atom. The van der Waals surface area contributed by atoms with Crippen LogP contribution in [0.2, 0.25) is 5.02 Å². The van der Waals surface area contributed by atoms with Crippen LogP contribution >= 0.6 is 11.6 Å². The molecule has 7 heteroatoms. The van der Waals surface area contributed by atoms with E-state index in [1.54, 1.807) is 18.2 Å². The van der Waals surface area contributed by atoms with Crippen LogP contribution in [0.4, 0.5) is 5.69 Å². The molecular formula is C21H28ClN3O3. The molecule has 1 aliphatic heterocycles. The molecule has 152 valence electrons. The van der Waals surface area contributed by atoms with Crippen molar-refractivity contribution < 1.29 is 14.4 Å². The lowest BCUT2D eigenvalue weighted by Gasteiger charge is -2.32. The molecule has 2 atom stereocenters. The maximum atomic E-state index is 12.9. The number of carbonyl (C=O) groups is 3. The molecule has 1 saturated carbocycles. The van der Waals surface area contributed by atoms with E-state index in [9.17, 15) is 14.4 Å². The second-order valence-electron chi connectivity index (χ2n) is 7.57. The van der Waals surface area contributed by atoms with Gasteiger partial charge in [0.25, 0.3) is 5.91 Å². The zero-order chi connectivity index (χ0) is 20.1. The Hall–Kier alpha value is -2.08. The summed E-state index contributed by atoms with van der Waals surface area (Å²) in [6.45, 7) is 3.97. The summed E-state index contributed by atoms with van der Waals surface area (Å²) in [6, 6.07) is 4.87. The van der Waals surface area contributed by atoms with Crippen LogP contribution < -0.4 is 10.6 Å². The normalized spacial score (nSPS) is 22.0. The van der Waals surface area contributed by atoms with Gasteiger partial charge in [-0.25, -0.2) is 0 Å². The molecule has 1 heterocycles. The molecule has 28 heavy (non-hydrogen) atoms. The maximum absolute atomic E-state index is 12.9. The van der Waals surface area contributed by atoms with E-state index in [0.29, 0.717) is 17.8 Å². The molecule has 0 bridgehead atoms. The molecule has 0 spiro atoms. The molecule has 0 radical (unpaired) electrons. The molecule has 3 rings (SSSR count). The quantitative estimate of drug-likeness (QED) is 0.787. The van der Waals surface area contributed by atoms with Crippen LogP contribution in [0, 0.1) is 11.8 Å². The number of hydrogen-bond acceptors (Lipinski definition) is 3. The summed E-state index contributed by atoms with van der Waals surface area (Å²) in [5.74, 6) is -0.810. The number of nitrogens with one attached hydrogen (secondary N) is 2. The summed E-state index contributed by atoms with van der Waals surface area (Å²) in [5, 5.41) is 5.90. The maximum Gasteiger partial charge on any atom is 0.252 e. The molecule has 6 nitrogen and oxygen atoms in total. The molecule has 1 saturated heterocycles. The summed E-state index contributed by atoms with van der Waals surface area (Å²) in [5.41, 5.74) is 0.919. The van der Waals surface area contributed by atoms with E-state index in [2.05, 4.69) is 10.6 Å². The number of anilines is 1. The SMILES string of the molecule is CCNC(=O)c1ccc(NC(=O)[C@H]2CCCC[C@H]2C(=O)N2CCCC2)cc1Cl. The van der Waals surface area contributed by atoms with Crippen LogP contribution in [0.25, 0.3) is 0 Å². The number of hydrogen-bond donors (Lipinski definition) is 2. The van der Waals surface area contributed by atoms with E-state index in [-0.39, 0.29) is 34.6 Å². The lowest BCUT2D eigenvalue weighted by molar-refractivity contribution is -0.141. The minimum atomic E-state index is -0.316. The van der Waals surface area contributed by atoms with Gasteiger partial charge in [0.1, 0.15) is 0 Å². The highest BCUT2D eigenvalue weighted by atomic mass is 35.5. The van der Waals surface area contributed by atoms with Crippen LogP contribution in [0.3, 0.4) is 0 Å². The average molecular weight is 406 g/mol. The number of halogens is 1. The molecule has 1 aliphatic carbocycles. The van der Waals surface area contributed by atoms with Crippen LogP contribution in [0.15, 0.2) is 18.2 Å². The van der Waals surface area contributed by atoms with Gasteiger partial charge in [0.2, 0.25) is 11.8 Å². The van der Waals surface area contributed by atoms with E-state index >= 15 is 0 Å². The van der Waals surface area contributed by atoms with Crippen LogP contribution in [-0.2, 0) is 9.59 Å². The summed E-state index contributed by atoms with van der Waals surface area (Å²) in [7, 11) is 0. The van der Waals surface area contributed by atoms with Crippen molar-refractivity contribution in [2.24, 2.45) is 11.8 Å². The number of nitrogens with zero attached hydrogens (tertiary/aromatic N) is 1. The molecule has 2 N–H and O–H groups in total. The number of benzene rings is 1. The molecular weight excluding hydrogens is 378 g/mol. The minimum absolute atomic E-state index is 0.127. The van der Waals surface area contributed by atoms with Gasteiger partial charge in [0.15, 0.2) is 0 Å². The van der Waals surface area contributed by atoms with Gasteiger partial charge < -0.3 is 15.5 Å². The van der Waals surface area contributed by atoms with E-state index in [1.807, 2.05) is 11.8 Å². The van der Waals surface area contributed by atoms with Crippen LogP contribution in [-0.4, -0.2) is 42.3 Å². The Morgan fingerprint density at radius 3 is 2.39 bits per heavy atom. The highest BCUT2D eigenvalue weighted by molar-refractivity contribution is 6.34. The van der Waals surface area contributed by atoms with Crippen LogP contribution in [0.5, 0.6) is 0 Å².